The van der Waals surface area contributed by atoms with Gasteiger partial charge in [-0.3, -0.25) is 9.59 Å². The van der Waals surface area contributed by atoms with Crippen LogP contribution in [-0.4, -0.2) is 18.4 Å². The summed E-state index contributed by atoms with van der Waals surface area (Å²) in [6.45, 7) is 3.62. The number of carbonyl (C=O) groups is 2. The van der Waals surface area contributed by atoms with Crippen molar-refractivity contribution in [3.05, 3.63) is 35.4 Å². The van der Waals surface area contributed by atoms with Crippen LogP contribution in [0.3, 0.4) is 0 Å². The average molecular weight is 231 g/mol. The lowest BCUT2D eigenvalue weighted by Gasteiger charge is -2.07. The molecule has 0 heterocycles. The Morgan fingerprint density at radius 2 is 2.18 bits per heavy atom. The van der Waals surface area contributed by atoms with Gasteiger partial charge in [-0.15, -0.1) is 0 Å². The topological polar surface area (TPSA) is 67.2 Å². The third kappa shape index (κ3) is 3.15. The zero-order valence-corrected chi connectivity index (χ0v) is 9.77. The highest BCUT2D eigenvalue weighted by Gasteiger charge is 2.28. The van der Waals surface area contributed by atoms with Gasteiger partial charge >= 0.3 is 5.97 Å². The van der Waals surface area contributed by atoms with Gasteiger partial charge in [0.2, 0.25) is 5.92 Å². The standard InChI is InChI=1S/C13H13NO3/c1-3-17-13(16)11(8-14)12(15)10-6-4-5-9(2)7-10/h4-7,11H,3H2,1-2H3. The molecule has 1 unspecified atom stereocenters. The first-order valence-electron chi connectivity index (χ1n) is 5.27. The van der Waals surface area contributed by atoms with Crippen molar-refractivity contribution < 1.29 is 14.3 Å². The Hall–Kier alpha value is -2.15. The van der Waals surface area contributed by atoms with Crippen LogP contribution >= 0.6 is 0 Å². The van der Waals surface area contributed by atoms with Crippen LogP contribution in [0.5, 0.6) is 0 Å². The van der Waals surface area contributed by atoms with Crippen LogP contribution in [0, 0.1) is 24.2 Å². The highest BCUT2D eigenvalue weighted by Crippen LogP contribution is 2.12. The van der Waals surface area contributed by atoms with Crippen LogP contribution in [0.25, 0.3) is 0 Å². The fraction of sp³-hybridized carbons (Fsp3) is 0.308. The molecule has 0 amide bonds. The monoisotopic (exact) mass is 231 g/mol. The molecule has 0 radical (unpaired) electrons. The highest BCUT2D eigenvalue weighted by molar-refractivity contribution is 6.10. The third-order valence-electron chi connectivity index (χ3n) is 2.22. The minimum absolute atomic E-state index is 0.151. The van der Waals surface area contributed by atoms with Crippen LogP contribution in [0.2, 0.25) is 0 Å². The highest BCUT2D eigenvalue weighted by atomic mass is 16.5. The second kappa shape index (κ2) is 5.80. The third-order valence-corrected chi connectivity index (χ3v) is 2.22. The van der Waals surface area contributed by atoms with Crippen LogP contribution < -0.4 is 0 Å². The number of rotatable bonds is 4. The number of benzene rings is 1. The Balaban J connectivity index is 2.95. The maximum atomic E-state index is 11.9. The van der Waals surface area contributed by atoms with Gasteiger partial charge in [-0.25, -0.2) is 0 Å². The summed E-state index contributed by atoms with van der Waals surface area (Å²) in [6, 6.07) is 8.45. The van der Waals surface area contributed by atoms with Gasteiger partial charge in [0.25, 0.3) is 0 Å². The van der Waals surface area contributed by atoms with Crippen LogP contribution in [0.1, 0.15) is 22.8 Å². The SMILES string of the molecule is CCOC(=O)C(C#N)C(=O)c1cccc(C)c1. The van der Waals surface area contributed by atoms with E-state index in [9.17, 15) is 9.59 Å². The molecule has 0 aliphatic heterocycles. The number of ketones is 1. The number of Topliss-reactive ketones (excluding diaryl/α,β-unsaturated/α-hetero) is 1. The van der Waals surface area contributed by atoms with E-state index in [0.29, 0.717) is 5.56 Å². The minimum atomic E-state index is -1.38. The predicted molar refractivity (Wildman–Crippen MR) is 61.2 cm³/mol. The van der Waals surface area contributed by atoms with Gasteiger partial charge in [0, 0.05) is 5.56 Å². The molecule has 0 spiro atoms. The first-order valence-corrected chi connectivity index (χ1v) is 5.27. The average Bonchev–Trinajstić information content (AvgIpc) is 2.30. The van der Waals surface area contributed by atoms with Gasteiger partial charge in [0.15, 0.2) is 5.78 Å². The van der Waals surface area contributed by atoms with E-state index in [1.807, 2.05) is 13.0 Å². The molecule has 4 nitrogen and oxygen atoms in total. The van der Waals surface area contributed by atoms with E-state index < -0.39 is 17.7 Å². The largest absolute Gasteiger partial charge is 0.465 e. The summed E-state index contributed by atoms with van der Waals surface area (Å²) in [5.41, 5.74) is 1.25. The number of aryl methyl sites for hydroxylation is 1. The molecule has 0 bridgehead atoms. The summed E-state index contributed by atoms with van der Waals surface area (Å²) < 4.78 is 4.69. The van der Waals surface area contributed by atoms with Crippen molar-refractivity contribution in [1.29, 1.82) is 5.26 Å². The lowest BCUT2D eigenvalue weighted by molar-refractivity contribution is -0.144. The molecule has 1 aromatic carbocycles. The first-order chi connectivity index (χ1) is 8.10. The van der Waals surface area contributed by atoms with Crippen molar-refractivity contribution in [3.8, 4) is 6.07 Å². The van der Waals surface area contributed by atoms with Crippen LogP contribution in [0.4, 0.5) is 0 Å². The van der Waals surface area contributed by atoms with Gasteiger partial charge in [-0.1, -0.05) is 23.8 Å². The molecule has 1 atom stereocenters. The predicted octanol–water partition coefficient (Wildman–Crippen LogP) is 1.88. The summed E-state index contributed by atoms with van der Waals surface area (Å²) in [7, 11) is 0. The number of carbonyl (C=O) groups excluding carboxylic acids is 2. The number of hydrogen-bond donors (Lipinski definition) is 0. The van der Waals surface area contributed by atoms with E-state index in [0.717, 1.165) is 5.56 Å². The Bertz CT molecular complexity index is 474. The number of nitrogens with zero attached hydrogens (tertiary/aromatic N) is 1. The smallest absolute Gasteiger partial charge is 0.331 e. The Kier molecular flexibility index (Phi) is 4.41. The first kappa shape index (κ1) is 12.9. The van der Waals surface area contributed by atoms with E-state index in [2.05, 4.69) is 4.74 Å². The van der Waals surface area contributed by atoms with Gasteiger partial charge in [0.1, 0.15) is 0 Å². The van der Waals surface area contributed by atoms with Crippen molar-refractivity contribution in [3.63, 3.8) is 0 Å². The van der Waals surface area contributed by atoms with E-state index in [4.69, 9.17) is 5.26 Å². The minimum Gasteiger partial charge on any atom is -0.465 e. The van der Waals surface area contributed by atoms with Crippen molar-refractivity contribution in [1.82, 2.24) is 0 Å². The molecule has 0 fully saturated rings. The maximum Gasteiger partial charge on any atom is 0.331 e. The fourth-order valence-corrected chi connectivity index (χ4v) is 1.41. The van der Waals surface area contributed by atoms with E-state index >= 15 is 0 Å². The van der Waals surface area contributed by atoms with Crippen molar-refractivity contribution in [2.75, 3.05) is 6.61 Å². The molecule has 0 aromatic heterocycles. The zero-order chi connectivity index (χ0) is 12.8. The van der Waals surface area contributed by atoms with E-state index in [1.165, 1.54) is 0 Å². The molecule has 0 saturated carbocycles. The summed E-state index contributed by atoms with van der Waals surface area (Å²) >= 11 is 0. The lowest BCUT2D eigenvalue weighted by Crippen LogP contribution is -2.25. The van der Waals surface area contributed by atoms with Gasteiger partial charge < -0.3 is 4.74 Å². The summed E-state index contributed by atoms with van der Waals surface area (Å²) in [5.74, 6) is -2.69. The molecule has 4 heteroatoms. The second-order valence-corrected chi connectivity index (χ2v) is 3.55. The van der Waals surface area contributed by atoms with Crippen molar-refractivity contribution in [2.24, 2.45) is 5.92 Å². The molecule has 0 aliphatic rings. The fourth-order valence-electron chi connectivity index (χ4n) is 1.41. The normalized spacial score (nSPS) is 11.4. The van der Waals surface area contributed by atoms with Gasteiger partial charge in [-0.05, 0) is 19.9 Å². The molecule has 1 rings (SSSR count). The molecule has 17 heavy (non-hydrogen) atoms. The summed E-state index contributed by atoms with van der Waals surface area (Å²) in [4.78, 5) is 23.3. The van der Waals surface area contributed by atoms with Crippen LogP contribution in [0.15, 0.2) is 24.3 Å². The number of ether oxygens (including phenoxy) is 1. The van der Waals surface area contributed by atoms with Gasteiger partial charge in [0.05, 0.1) is 12.7 Å². The summed E-state index contributed by atoms with van der Waals surface area (Å²) in [6.07, 6.45) is 0. The van der Waals surface area contributed by atoms with E-state index in [1.54, 1.807) is 31.2 Å². The molecule has 88 valence electrons. The Labute approximate surface area is 99.8 Å². The van der Waals surface area contributed by atoms with Crippen LogP contribution in [-0.2, 0) is 9.53 Å². The lowest BCUT2D eigenvalue weighted by atomic mass is 9.98. The van der Waals surface area contributed by atoms with Crippen molar-refractivity contribution in [2.45, 2.75) is 13.8 Å². The van der Waals surface area contributed by atoms with E-state index in [-0.39, 0.29) is 6.61 Å². The number of esters is 1. The summed E-state index contributed by atoms with van der Waals surface area (Å²) in [5, 5.41) is 8.85. The Morgan fingerprint density at radius 3 is 2.71 bits per heavy atom. The zero-order valence-electron chi connectivity index (χ0n) is 9.77. The second-order valence-electron chi connectivity index (χ2n) is 3.55. The molecule has 0 aliphatic carbocycles. The number of hydrogen-bond acceptors (Lipinski definition) is 4. The molecule has 0 saturated heterocycles. The van der Waals surface area contributed by atoms with Gasteiger partial charge in [-0.2, -0.15) is 5.26 Å². The molecule has 1 aromatic rings. The molecular formula is C13H13NO3. The maximum absolute atomic E-state index is 11.9. The number of nitriles is 1. The van der Waals surface area contributed by atoms with Crippen molar-refractivity contribution >= 4 is 11.8 Å². The quantitative estimate of drug-likeness (QED) is 0.450. The molecular weight excluding hydrogens is 218 g/mol. The Morgan fingerprint density at radius 1 is 1.47 bits per heavy atom. The molecule has 0 N–H and O–H groups in total.